The third kappa shape index (κ3) is 4.88. The summed E-state index contributed by atoms with van der Waals surface area (Å²) < 4.78 is 10.6. The number of benzene rings is 1. The third-order valence-electron chi connectivity index (χ3n) is 3.87. The van der Waals surface area contributed by atoms with Crippen molar-refractivity contribution in [2.75, 3.05) is 26.8 Å². The zero-order valence-electron chi connectivity index (χ0n) is 13.7. The maximum Gasteiger partial charge on any atom is 0.258 e. The number of amides is 2. The molecule has 7 nitrogen and oxygen atoms in total. The Morgan fingerprint density at radius 2 is 1.96 bits per heavy atom. The second kappa shape index (κ2) is 8.77. The van der Waals surface area contributed by atoms with Crippen molar-refractivity contribution in [3.8, 4) is 17.6 Å². The second-order valence-corrected chi connectivity index (χ2v) is 5.50. The van der Waals surface area contributed by atoms with Crippen LogP contribution in [-0.2, 0) is 9.59 Å². The van der Waals surface area contributed by atoms with Gasteiger partial charge in [-0.2, -0.15) is 5.26 Å². The van der Waals surface area contributed by atoms with Gasteiger partial charge < -0.3 is 19.7 Å². The Morgan fingerprint density at radius 1 is 1.29 bits per heavy atom. The molecule has 1 aromatic carbocycles. The fraction of sp³-hybridized carbons (Fsp3) is 0.471. The predicted molar refractivity (Wildman–Crippen MR) is 86.5 cm³/mol. The van der Waals surface area contributed by atoms with Crippen LogP contribution in [0.5, 0.6) is 11.5 Å². The van der Waals surface area contributed by atoms with E-state index < -0.39 is 0 Å². The van der Waals surface area contributed by atoms with Gasteiger partial charge in [-0.25, -0.2) is 0 Å². The van der Waals surface area contributed by atoms with Gasteiger partial charge >= 0.3 is 0 Å². The van der Waals surface area contributed by atoms with Gasteiger partial charge in [0.15, 0.2) is 18.1 Å². The fourth-order valence-corrected chi connectivity index (χ4v) is 2.60. The molecule has 128 valence electrons. The molecule has 0 radical (unpaired) electrons. The van der Waals surface area contributed by atoms with Gasteiger partial charge in [-0.3, -0.25) is 9.59 Å². The van der Waals surface area contributed by atoms with Gasteiger partial charge in [-0.1, -0.05) is 12.1 Å². The number of piperidine rings is 1. The molecule has 1 aliphatic rings. The lowest BCUT2D eigenvalue weighted by Crippen LogP contribution is -2.47. The van der Waals surface area contributed by atoms with E-state index in [0.717, 1.165) is 0 Å². The summed E-state index contributed by atoms with van der Waals surface area (Å²) in [4.78, 5) is 25.3. The summed E-state index contributed by atoms with van der Waals surface area (Å²) in [5.41, 5.74) is 0. The Balaban J connectivity index is 1.74. The summed E-state index contributed by atoms with van der Waals surface area (Å²) in [6.45, 7) is 1.02. The molecular formula is C17H21N3O4. The molecule has 0 bridgehead atoms. The topological polar surface area (TPSA) is 91.7 Å². The number of carbonyl (C=O) groups excluding carboxylic acids is 2. The first-order valence-corrected chi connectivity index (χ1v) is 7.84. The first-order chi connectivity index (χ1) is 11.6. The number of nitrogens with one attached hydrogen (secondary N) is 1. The van der Waals surface area contributed by atoms with E-state index in [4.69, 9.17) is 14.7 Å². The highest BCUT2D eigenvalue weighted by atomic mass is 16.5. The molecule has 1 saturated heterocycles. The molecule has 7 heteroatoms. The zero-order chi connectivity index (χ0) is 17.4. The summed E-state index contributed by atoms with van der Waals surface area (Å²) in [5.74, 6) is 0.742. The van der Waals surface area contributed by atoms with Gasteiger partial charge in [-0.05, 0) is 25.0 Å². The van der Waals surface area contributed by atoms with Crippen molar-refractivity contribution in [1.82, 2.24) is 10.2 Å². The summed E-state index contributed by atoms with van der Waals surface area (Å²) in [6.07, 6.45) is 1.26. The van der Waals surface area contributed by atoms with Crippen molar-refractivity contribution in [2.45, 2.75) is 25.3 Å². The van der Waals surface area contributed by atoms with Gasteiger partial charge in [0.1, 0.15) is 6.42 Å². The van der Waals surface area contributed by atoms with E-state index in [-0.39, 0.29) is 30.9 Å². The maximum absolute atomic E-state index is 12.0. The fourth-order valence-electron chi connectivity index (χ4n) is 2.60. The van der Waals surface area contributed by atoms with E-state index in [1.54, 1.807) is 24.1 Å². The number of para-hydroxylation sites is 2. The molecule has 0 unspecified atom stereocenters. The van der Waals surface area contributed by atoms with Crippen LogP contribution in [0, 0.1) is 11.3 Å². The van der Waals surface area contributed by atoms with Crippen LogP contribution in [0.15, 0.2) is 24.3 Å². The SMILES string of the molecule is COc1ccccc1OCC(=O)NC1CCN(C(=O)CC#N)CC1. The molecular weight excluding hydrogens is 310 g/mol. The number of hydrogen-bond acceptors (Lipinski definition) is 5. The van der Waals surface area contributed by atoms with Gasteiger partial charge in [0.05, 0.1) is 13.2 Å². The minimum atomic E-state index is -0.206. The van der Waals surface area contributed by atoms with E-state index in [2.05, 4.69) is 5.32 Å². The van der Waals surface area contributed by atoms with Crippen LogP contribution in [0.3, 0.4) is 0 Å². The molecule has 1 fully saturated rings. The number of nitrogens with zero attached hydrogens (tertiary/aromatic N) is 2. The molecule has 1 heterocycles. The molecule has 0 atom stereocenters. The Bertz CT molecular complexity index is 619. The molecule has 1 aliphatic heterocycles. The van der Waals surface area contributed by atoms with Gasteiger partial charge in [-0.15, -0.1) is 0 Å². The molecule has 1 N–H and O–H groups in total. The summed E-state index contributed by atoms with van der Waals surface area (Å²) in [7, 11) is 1.55. The number of rotatable bonds is 6. The van der Waals surface area contributed by atoms with Crippen molar-refractivity contribution in [3.05, 3.63) is 24.3 Å². The first kappa shape index (κ1) is 17.6. The van der Waals surface area contributed by atoms with Crippen LogP contribution in [0.25, 0.3) is 0 Å². The van der Waals surface area contributed by atoms with Crippen LogP contribution >= 0.6 is 0 Å². The lowest BCUT2D eigenvalue weighted by Gasteiger charge is -2.32. The van der Waals surface area contributed by atoms with Crippen molar-refractivity contribution in [2.24, 2.45) is 0 Å². The Morgan fingerprint density at radius 3 is 2.58 bits per heavy atom. The van der Waals surface area contributed by atoms with E-state index in [1.165, 1.54) is 0 Å². The number of hydrogen-bond donors (Lipinski definition) is 1. The molecule has 0 spiro atoms. The number of methoxy groups -OCH3 is 1. The third-order valence-corrected chi connectivity index (χ3v) is 3.87. The number of carbonyl (C=O) groups is 2. The van der Waals surface area contributed by atoms with Crippen LogP contribution in [-0.4, -0.2) is 49.6 Å². The number of nitriles is 1. The van der Waals surface area contributed by atoms with Crippen molar-refractivity contribution < 1.29 is 19.1 Å². The highest BCUT2D eigenvalue weighted by Crippen LogP contribution is 2.25. The normalized spacial score (nSPS) is 14.6. The average Bonchev–Trinajstić information content (AvgIpc) is 2.61. The summed E-state index contributed by atoms with van der Waals surface area (Å²) in [6, 6.07) is 9.02. The standard InChI is InChI=1S/C17H21N3O4/c1-23-14-4-2-3-5-15(14)24-12-16(21)19-13-7-10-20(11-8-13)17(22)6-9-18/h2-5,13H,6-8,10-12H2,1H3,(H,19,21). The van der Waals surface area contributed by atoms with Crippen LogP contribution in [0.2, 0.25) is 0 Å². The lowest BCUT2D eigenvalue weighted by molar-refractivity contribution is -0.131. The molecule has 2 amide bonds. The summed E-state index contributed by atoms with van der Waals surface area (Å²) in [5, 5.41) is 11.5. The molecule has 0 saturated carbocycles. The van der Waals surface area contributed by atoms with E-state index >= 15 is 0 Å². The zero-order valence-corrected chi connectivity index (χ0v) is 13.7. The average molecular weight is 331 g/mol. The molecule has 2 rings (SSSR count). The monoisotopic (exact) mass is 331 g/mol. The molecule has 0 aromatic heterocycles. The minimum Gasteiger partial charge on any atom is -0.493 e. The molecule has 1 aromatic rings. The second-order valence-electron chi connectivity index (χ2n) is 5.50. The number of likely N-dealkylation sites (tertiary alicyclic amines) is 1. The maximum atomic E-state index is 12.0. The molecule has 24 heavy (non-hydrogen) atoms. The summed E-state index contributed by atoms with van der Waals surface area (Å²) >= 11 is 0. The van der Waals surface area contributed by atoms with Crippen molar-refractivity contribution in [1.29, 1.82) is 5.26 Å². The van der Waals surface area contributed by atoms with Gasteiger partial charge in [0.25, 0.3) is 5.91 Å². The van der Waals surface area contributed by atoms with Crippen LogP contribution in [0.1, 0.15) is 19.3 Å². The highest BCUT2D eigenvalue weighted by Gasteiger charge is 2.23. The van der Waals surface area contributed by atoms with E-state index in [0.29, 0.717) is 37.4 Å². The number of ether oxygens (including phenoxy) is 2. The first-order valence-electron chi connectivity index (χ1n) is 7.84. The Labute approximate surface area is 141 Å². The lowest BCUT2D eigenvalue weighted by atomic mass is 10.0. The highest BCUT2D eigenvalue weighted by molar-refractivity contribution is 5.79. The smallest absolute Gasteiger partial charge is 0.258 e. The van der Waals surface area contributed by atoms with Crippen molar-refractivity contribution >= 4 is 11.8 Å². The van der Waals surface area contributed by atoms with E-state index in [9.17, 15) is 9.59 Å². The van der Waals surface area contributed by atoms with Crippen molar-refractivity contribution in [3.63, 3.8) is 0 Å². The predicted octanol–water partition coefficient (Wildman–Crippen LogP) is 1.09. The van der Waals surface area contributed by atoms with Gasteiger partial charge in [0, 0.05) is 19.1 Å². The largest absolute Gasteiger partial charge is 0.493 e. The quantitative estimate of drug-likeness (QED) is 0.842. The Hall–Kier alpha value is -2.75. The van der Waals surface area contributed by atoms with Crippen LogP contribution in [0.4, 0.5) is 0 Å². The van der Waals surface area contributed by atoms with Gasteiger partial charge in [0.2, 0.25) is 5.91 Å². The minimum absolute atomic E-state index is 0.0184. The Kier molecular flexibility index (Phi) is 6.43. The molecule has 0 aliphatic carbocycles. The van der Waals surface area contributed by atoms with E-state index in [1.807, 2.05) is 18.2 Å². The van der Waals surface area contributed by atoms with Crippen LogP contribution < -0.4 is 14.8 Å².